The number of piperidine rings is 1. The monoisotopic (exact) mass is 536 g/mol. The summed E-state index contributed by atoms with van der Waals surface area (Å²) in [7, 11) is 0. The number of rotatable bonds is 3. The lowest BCUT2D eigenvalue weighted by molar-refractivity contribution is -0.164. The van der Waals surface area contributed by atoms with Crippen molar-refractivity contribution in [1.29, 1.82) is 0 Å². The Labute approximate surface area is 226 Å². The highest BCUT2D eigenvalue weighted by atomic mass is 35.5. The van der Waals surface area contributed by atoms with Crippen LogP contribution in [0.1, 0.15) is 37.4 Å². The molecule has 4 aliphatic heterocycles. The molecule has 1 aromatic carbocycles. The fourth-order valence-corrected chi connectivity index (χ4v) is 7.99. The number of benzene rings is 1. The van der Waals surface area contributed by atoms with Gasteiger partial charge in [-0.25, -0.2) is 9.97 Å². The Hall–Kier alpha value is -2.61. The molecule has 7 nitrogen and oxygen atoms in total. The van der Waals surface area contributed by atoms with Crippen LogP contribution in [0.25, 0.3) is 17.1 Å². The van der Waals surface area contributed by atoms with E-state index in [1.54, 1.807) is 6.07 Å². The molecule has 0 N–H and O–H groups in total. The van der Waals surface area contributed by atoms with Crippen molar-refractivity contribution in [2.45, 2.75) is 38.1 Å². The molecule has 0 bridgehead atoms. The molecule has 6 heterocycles. The van der Waals surface area contributed by atoms with Crippen LogP contribution < -0.4 is 4.90 Å². The molecule has 192 valence electrons. The van der Waals surface area contributed by atoms with Gasteiger partial charge >= 0.3 is 0 Å². The Morgan fingerprint density at radius 3 is 2.54 bits per heavy atom. The van der Waals surface area contributed by atoms with Gasteiger partial charge in [0.1, 0.15) is 10.3 Å². The molecular weight excluding hydrogens is 507 g/mol. The van der Waals surface area contributed by atoms with Gasteiger partial charge < -0.3 is 14.4 Å². The molecule has 2 aromatic heterocycles. The third-order valence-electron chi connectivity index (χ3n) is 9.22. The molecule has 9 heteroatoms. The number of aromatic nitrogens is 3. The summed E-state index contributed by atoms with van der Waals surface area (Å²) in [6, 6.07) is 10.2. The molecule has 7 rings (SSSR count). The van der Waals surface area contributed by atoms with Crippen LogP contribution in [-0.4, -0.2) is 69.5 Å². The first-order valence-electron chi connectivity index (χ1n) is 13.3. The maximum Gasteiger partial charge on any atom is 0.250 e. The summed E-state index contributed by atoms with van der Waals surface area (Å²) < 4.78 is 2.33. The fraction of sp³-hybridized carbons (Fsp3) is 0.464. The third kappa shape index (κ3) is 3.14. The summed E-state index contributed by atoms with van der Waals surface area (Å²) in [4.78, 5) is 30.4. The standard InChI is InChI=1S/C28H30Cl2N6O/c1-2-27-9-5-11-35-12-8-20-19-6-3-4-7-21(19)36(13-10-27)24(20)28(27,35)25(37)33-14-16-34(17-15-33)26-31-22(29)18-23(30)32-26/h3-4,6-7,10,13,18H,2,5,8-9,11-12,14-17H2,1H3/t27-,28-/m1/s1. The zero-order valence-corrected chi connectivity index (χ0v) is 22.5. The van der Waals surface area contributed by atoms with Gasteiger partial charge in [-0.1, -0.05) is 54.4 Å². The largest absolute Gasteiger partial charge is 0.337 e. The van der Waals surface area contributed by atoms with E-state index in [9.17, 15) is 0 Å². The van der Waals surface area contributed by atoms with Crippen LogP contribution in [0.4, 0.5) is 5.95 Å². The molecule has 0 saturated carbocycles. The van der Waals surface area contributed by atoms with Crippen LogP contribution in [0.15, 0.2) is 36.4 Å². The van der Waals surface area contributed by atoms with E-state index >= 15 is 4.79 Å². The van der Waals surface area contributed by atoms with Crippen molar-refractivity contribution in [3.8, 4) is 0 Å². The van der Waals surface area contributed by atoms with E-state index in [1.165, 1.54) is 22.2 Å². The number of fused-ring (bicyclic) bond motifs is 3. The molecule has 0 aliphatic carbocycles. The summed E-state index contributed by atoms with van der Waals surface area (Å²) in [6.45, 7) is 6.64. The minimum Gasteiger partial charge on any atom is -0.337 e. The van der Waals surface area contributed by atoms with E-state index in [1.807, 2.05) is 0 Å². The average Bonchev–Trinajstić information content (AvgIpc) is 3.26. The molecule has 2 saturated heterocycles. The molecule has 2 fully saturated rings. The summed E-state index contributed by atoms with van der Waals surface area (Å²) >= 11 is 12.3. The van der Waals surface area contributed by atoms with Crippen molar-refractivity contribution in [3.63, 3.8) is 0 Å². The van der Waals surface area contributed by atoms with E-state index in [-0.39, 0.29) is 11.3 Å². The average molecular weight is 537 g/mol. The van der Waals surface area contributed by atoms with Crippen LogP contribution in [0.5, 0.6) is 0 Å². The van der Waals surface area contributed by atoms with Crippen molar-refractivity contribution in [2.24, 2.45) is 5.41 Å². The fourth-order valence-electron chi connectivity index (χ4n) is 7.57. The lowest BCUT2D eigenvalue weighted by Gasteiger charge is -2.61. The second-order valence-corrected chi connectivity index (χ2v) is 11.5. The highest BCUT2D eigenvalue weighted by Gasteiger charge is 2.66. The van der Waals surface area contributed by atoms with Gasteiger partial charge in [0.2, 0.25) is 11.9 Å². The summed E-state index contributed by atoms with van der Waals surface area (Å²) in [6.07, 6.45) is 8.67. The van der Waals surface area contributed by atoms with Gasteiger partial charge in [0.25, 0.3) is 0 Å². The molecule has 3 aromatic rings. The number of carbonyl (C=O) groups is 1. The molecule has 0 spiro atoms. The molecule has 0 radical (unpaired) electrons. The summed E-state index contributed by atoms with van der Waals surface area (Å²) in [5.41, 5.74) is 2.86. The van der Waals surface area contributed by atoms with Gasteiger partial charge in [-0.3, -0.25) is 9.69 Å². The summed E-state index contributed by atoms with van der Waals surface area (Å²) in [5, 5.41) is 1.94. The number of anilines is 1. The molecular formula is C28H30Cl2N6O. The number of amides is 1. The smallest absolute Gasteiger partial charge is 0.250 e. The van der Waals surface area contributed by atoms with E-state index in [2.05, 4.69) is 72.7 Å². The number of carbonyl (C=O) groups excluding carboxylic acids is 1. The minimum absolute atomic E-state index is 0.220. The van der Waals surface area contributed by atoms with Crippen molar-refractivity contribution < 1.29 is 4.79 Å². The zero-order valence-electron chi connectivity index (χ0n) is 21.0. The molecule has 37 heavy (non-hydrogen) atoms. The quantitative estimate of drug-likeness (QED) is 0.449. The maximum absolute atomic E-state index is 15.0. The van der Waals surface area contributed by atoms with Crippen molar-refractivity contribution in [1.82, 2.24) is 24.3 Å². The third-order valence-corrected chi connectivity index (χ3v) is 9.61. The zero-order chi connectivity index (χ0) is 25.4. The number of piperazine rings is 1. The van der Waals surface area contributed by atoms with Crippen molar-refractivity contribution in [3.05, 3.63) is 58.0 Å². The predicted molar refractivity (Wildman–Crippen MR) is 147 cm³/mol. The lowest BCUT2D eigenvalue weighted by Crippen LogP contribution is -2.71. The number of halogens is 2. The van der Waals surface area contributed by atoms with Crippen LogP contribution in [0, 0.1) is 5.41 Å². The first-order chi connectivity index (χ1) is 18.0. The molecule has 4 aliphatic rings. The van der Waals surface area contributed by atoms with E-state index in [4.69, 9.17) is 23.2 Å². The Morgan fingerprint density at radius 1 is 1.03 bits per heavy atom. The SMILES string of the molecule is CC[C@]12C=Cn3c4c(c5ccccc53)CCN(CCC1)[C@@]42C(=O)N1CCN(c2nc(Cl)cc(Cl)n2)CC1. The van der Waals surface area contributed by atoms with Crippen LogP contribution in [0.2, 0.25) is 10.3 Å². The van der Waals surface area contributed by atoms with Gasteiger partial charge in [0, 0.05) is 55.8 Å². The molecule has 1 amide bonds. The van der Waals surface area contributed by atoms with Crippen LogP contribution in [-0.2, 0) is 16.8 Å². The first-order valence-corrected chi connectivity index (χ1v) is 14.1. The Kier molecular flexibility index (Phi) is 5.37. The number of hydrogen-bond acceptors (Lipinski definition) is 5. The highest BCUT2D eigenvalue weighted by Crippen LogP contribution is 2.60. The van der Waals surface area contributed by atoms with Crippen molar-refractivity contribution in [2.75, 3.05) is 44.2 Å². The van der Waals surface area contributed by atoms with Crippen LogP contribution in [0.3, 0.4) is 0 Å². The normalized spacial score (nSPS) is 27.0. The molecule has 2 atom stereocenters. The Morgan fingerprint density at radius 2 is 1.78 bits per heavy atom. The Bertz CT molecular complexity index is 1420. The van der Waals surface area contributed by atoms with E-state index in [0.29, 0.717) is 42.4 Å². The number of para-hydroxylation sites is 1. The van der Waals surface area contributed by atoms with E-state index in [0.717, 1.165) is 38.8 Å². The van der Waals surface area contributed by atoms with Crippen LogP contribution >= 0.6 is 23.2 Å². The minimum atomic E-state index is -0.681. The predicted octanol–water partition coefficient (Wildman–Crippen LogP) is 4.81. The van der Waals surface area contributed by atoms with Gasteiger partial charge in [-0.05, 0) is 43.9 Å². The lowest BCUT2D eigenvalue weighted by atomic mass is 9.57. The highest BCUT2D eigenvalue weighted by molar-refractivity contribution is 6.33. The topological polar surface area (TPSA) is 57.5 Å². The Balaban J connectivity index is 1.32. The van der Waals surface area contributed by atoms with Crippen molar-refractivity contribution >= 4 is 52.2 Å². The summed E-state index contributed by atoms with van der Waals surface area (Å²) in [5.74, 6) is 0.766. The van der Waals surface area contributed by atoms with E-state index < -0.39 is 5.54 Å². The number of nitrogens with zero attached hydrogens (tertiary/aromatic N) is 6. The maximum atomic E-state index is 15.0. The number of hydrogen-bond donors (Lipinski definition) is 0. The second-order valence-electron chi connectivity index (χ2n) is 10.7. The van der Waals surface area contributed by atoms with Gasteiger partial charge in [0.05, 0.1) is 11.2 Å². The van der Waals surface area contributed by atoms with Gasteiger partial charge in [-0.2, -0.15) is 0 Å². The molecule has 0 unspecified atom stereocenters. The first kappa shape index (κ1) is 23.5. The van der Waals surface area contributed by atoms with Gasteiger partial charge in [0.15, 0.2) is 5.54 Å². The van der Waals surface area contributed by atoms with Gasteiger partial charge in [-0.15, -0.1) is 0 Å². The second kappa shape index (κ2) is 8.45.